The Labute approximate surface area is 102 Å². The number of para-hydroxylation sites is 1. The van der Waals surface area contributed by atoms with E-state index in [0.29, 0.717) is 6.04 Å². The summed E-state index contributed by atoms with van der Waals surface area (Å²) in [4.78, 5) is 3.67. The Morgan fingerprint density at radius 3 is 3.06 bits per heavy atom. The van der Waals surface area contributed by atoms with Crippen LogP contribution >= 0.6 is 0 Å². The zero-order valence-electron chi connectivity index (χ0n) is 10.6. The van der Waals surface area contributed by atoms with Gasteiger partial charge in [-0.05, 0) is 43.9 Å². The fourth-order valence-corrected chi connectivity index (χ4v) is 3.13. The summed E-state index contributed by atoms with van der Waals surface area (Å²) in [6.45, 7) is 2.23. The Morgan fingerprint density at radius 2 is 2.29 bits per heavy atom. The normalized spacial score (nSPS) is 19.5. The van der Waals surface area contributed by atoms with Gasteiger partial charge in [0.1, 0.15) is 0 Å². The van der Waals surface area contributed by atoms with Crippen LogP contribution in [0.2, 0.25) is 0 Å². The summed E-state index contributed by atoms with van der Waals surface area (Å²) >= 11 is 0. The summed E-state index contributed by atoms with van der Waals surface area (Å²) in [5.74, 6) is 0. The van der Waals surface area contributed by atoms with Crippen molar-refractivity contribution in [3.05, 3.63) is 35.0 Å². The zero-order valence-corrected chi connectivity index (χ0v) is 10.6. The third-order valence-electron chi connectivity index (χ3n) is 4.06. The molecule has 2 N–H and O–H groups in total. The lowest BCUT2D eigenvalue weighted by molar-refractivity contribution is 0.489. The van der Waals surface area contributed by atoms with E-state index < -0.39 is 0 Å². The predicted molar refractivity (Wildman–Crippen MR) is 72.4 cm³/mol. The topological polar surface area (TPSA) is 27.8 Å². The molecule has 1 aliphatic rings. The van der Waals surface area contributed by atoms with E-state index in [-0.39, 0.29) is 0 Å². The lowest BCUT2D eigenvalue weighted by Crippen LogP contribution is -2.21. The summed E-state index contributed by atoms with van der Waals surface area (Å²) < 4.78 is 0. The monoisotopic (exact) mass is 228 g/mol. The first-order valence-electron chi connectivity index (χ1n) is 6.64. The molecule has 0 aliphatic heterocycles. The highest BCUT2D eigenvalue weighted by molar-refractivity contribution is 5.87. The smallest absolute Gasteiger partial charge is 0.0491 e. The average Bonchev–Trinajstić information content (AvgIpc) is 2.77. The van der Waals surface area contributed by atoms with Gasteiger partial charge >= 0.3 is 0 Å². The van der Waals surface area contributed by atoms with Crippen LogP contribution in [0.15, 0.2) is 18.2 Å². The number of aromatic amines is 1. The van der Waals surface area contributed by atoms with E-state index >= 15 is 0 Å². The molecule has 2 nitrogen and oxygen atoms in total. The molecule has 2 aromatic rings. The van der Waals surface area contributed by atoms with Gasteiger partial charge in [0.25, 0.3) is 0 Å². The third kappa shape index (κ3) is 1.59. The maximum absolute atomic E-state index is 3.67. The van der Waals surface area contributed by atoms with Crippen molar-refractivity contribution in [3.63, 3.8) is 0 Å². The van der Waals surface area contributed by atoms with Crippen molar-refractivity contribution in [1.29, 1.82) is 0 Å². The van der Waals surface area contributed by atoms with Gasteiger partial charge in [0, 0.05) is 22.6 Å². The number of nitrogens with one attached hydrogen (secondary N) is 2. The average molecular weight is 228 g/mol. The Balaban J connectivity index is 2.25. The predicted octanol–water partition coefficient (Wildman–Crippen LogP) is 3.33. The van der Waals surface area contributed by atoms with Gasteiger partial charge in [-0.25, -0.2) is 0 Å². The van der Waals surface area contributed by atoms with Crippen LogP contribution in [0.3, 0.4) is 0 Å². The summed E-state index contributed by atoms with van der Waals surface area (Å²) in [5.41, 5.74) is 5.77. The van der Waals surface area contributed by atoms with E-state index in [4.69, 9.17) is 0 Å². The maximum atomic E-state index is 3.67. The fourth-order valence-electron chi connectivity index (χ4n) is 3.13. The molecular formula is C15H20N2. The van der Waals surface area contributed by atoms with Crippen molar-refractivity contribution in [2.45, 2.75) is 38.6 Å². The minimum Gasteiger partial charge on any atom is -0.357 e. The highest BCUT2D eigenvalue weighted by Gasteiger charge is 2.23. The highest BCUT2D eigenvalue weighted by Crippen LogP contribution is 2.35. The Kier molecular flexibility index (Phi) is 2.67. The molecule has 1 aromatic heterocycles. The van der Waals surface area contributed by atoms with Crippen molar-refractivity contribution in [1.82, 2.24) is 10.3 Å². The first-order valence-corrected chi connectivity index (χ1v) is 6.64. The molecule has 3 rings (SSSR count). The number of hydrogen-bond donors (Lipinski definition) is 2. The molecule has 90 valence electrons. The number of fused-ring (bicyclic) bond motifs is 3. The van der Waals surface area contributed by atoms with Crippen LogP contribution in [0.5, 0.6) is 0 Å². The van der Waals surface area contributed by atoms with Crippen molar-refractivity contribution in [2.75, 3.05) is 7.05 Å². The highest BCUT2D eigenvalue weighted by atomic mass is 14.9. The quantitative estimate of drug-likeness (QED) is 0.810. The summed E-state index contributed by atoms with van der Waals surface area (Å²) in [5, 5.41) is 4.87. The van der Waals surface area contributed by atoms with E-state index in [9.17, 15) is 0 Å². The van der Waals surface area contributed by atoms with Crippen molar-refractivity contribution < 1.29 is 0 Å². The molecule has 2 heteroatoms. The van der Waals surface area contributed by atoms with Crippen LogP contribution in [0.25, 0.3) is 10.9 Å². The van der Waals surface area contributed by atoms with Gasteiger partial charge < -0.3 is 10.3 Å². The van der Waals surface area contributed by atoms with Crippen LogP contribution < -0.4 is 5.32 Å². The van der Waals surface area contributed by atoms with Crippen LogP contribution in [-0.4, -0.2) is 12.0 Å². The lowest BCUT2D eigenvalue weighted by atomic mass is 9.91. The molecule has 0 amide bonds. The zero-order chi connectivity index (χ0) is 11.8. The van der Waals surface area contributed by atoms with Crippen molar-refractivity contribution >= 4 is 10.9 Å². The number of aryl methyl sites for hydroxylation is 2. The van der Waals surface area contributed by atoms with Crippen molar-refractivity contribution in [2.24, 2.45) is 0 Å². The summed E-state index contributed by atoms with van der Waals surface area (Å²) in [6.07, 6.45) is 4.86. The minimum atomic E-state index is 0.510. The molecule has 17 heavy (non-hydrogen) atoms. The van der Waals surface area contributed by atoms with E-state index in [1.807, 2.05) is 0 Å². The molecule has 0 saturated carbocycles. The molecule has 0 saturated heterocycles. The Bertz CT molecular complexity index is 539. The molecule has 1 aromatic carbocycles. The Hall–Kier alpha value is -1.28. The third-order valence-corrected chi connectivity index (χ3v) is 4.06. The van der Waals surface area contributed by atoms with E-state index in [0.717, 1.165) is 6.42 Å². The number of benzene rings is 1. The van der Waals surface area contributed by atoms with Gasteiger partial charge in [-0.2, -0.15) is 0 Å². The van der Waals surface area contributed by atoms with Gasteiger partial charge in [0.2, 0.25) is 0 Å². The minimum absolute atomic E-state index is 0.510. The second kappa shape index (κ2) is 4.19. The molecule has 0 spiro atoms. The van der Waals surface area contributed by atoms with Crippen LogP contribution in [0.4, 0.5) is 0 Å². The second-order valence-electron chi connectivity index (χ2n) is 4.94. The molecule has 1 unspecified atom stereocenters. The largest absolute Gasteiger partial charge is 0.357 e. The van der Waals surface area contributed by atoms with Gasteiger partial charge in [-0.15, -0.1) is 0 Å². The number of H-pyrrole nitrogens is 1. The molecule has 1 aliphatic carbocycles. The number of rotatable bonds is 2. The second-order valence-corrected chi connectivity index (χ2v) is 4.94. The SMILES string of the molecule is CCc1cccc2c3c([nH]c12)C(NC)CCC3. The van der Waals surface area contributed by atoms with E-state index in [2.05, 4.69) is 42.5 Å². The van der Waals surface area contributed by atoms with E-state index in [1.54, 1.807) is 5.56 Å². The number of aromatic nitrogens is 1. The van der Waals surface area contributed by atoms with Gasteiger partial charge in [0.05, 0.1) is 0 Å². The first kappa shape index (κ1) is 10.8. The Morgan fingerprint density at radius 1 is 1.41 bits per heavy atom. The van der Waals surface area contributed by atoms with Crippen LogP contribution in [-0.2, 0) is 12.8 Å². The lowest BCUT2D eigenvalue weighted by Gasteiger charge is -2.21. The molecule has 0 radical (unpaired) electrons. The standard InChI is InChI=1S/C15H20N2/c1-3-10-6-4-7-11-12-8-5-9-13(16-2)15(12)17-14(10)11/h4,6-7,13,16-17H,3,5,8-9H2,1-2H3. The van der Waals surface area contributed by atoms with Crippen molar-refractivity contribution in [3.8, 4) is 0 Å². The first-order chi connectivity index (χ1) is 8.35. The molecule has 1 atom stereocenters. The molecule has 1 heterocycles. The van der Waals surface area contributed by atoms with Gasteiger partial charge in [-0.3, -0.25) is 0 Å². The molecule has 0 bridgehead atoms. The molecule has 0 fully saturated rings. The van der Waals surface area contributed by atoms with Gasteiger partial charge in [-0.1, -0.05) is 25.1 Å². The van der Waals surface area contributed by atoms with Crippen LogP contribution in [0, 0.1) is 0 Å². The van der Waals surface area contributed by atoms with Crippen LogP contribution in [0.1, 0.15) is 42.6 Å². The molecular weight excluding hydrogens is 208 g/mol. The van der Waals surface area contributed by atoms with Gasteiger partial charge in [0.15, 0.2) is 0 Å². The van der Waals surface area contributed by atoms with E-state index in [1.165, 1.54) is 41.4 Å². The maximum Gasteiger partial charge on any atom is 0.0491 e. The number of hydrogen-bond acceptors (Lipinski definition) is 1. The summed E-state index contributed by atoms with van der Waals surface area (Å²) in [7, 11) is 2.06. The summed E-state index contributed by atoms with van der Waals surface area (Å²) in [6, 6.07) is 7.20. The fraction of sp³-hybridized carbons (Fsp3) is 0.467.